The van der Waals surface area contributed by atoms with Crippen LogP contribution in [0.1, 0.15) is 15.9 Å². The van der Waals surface area contributed by atoms with Crippen LogP contribution in [0.25, 0.3) is 33.4 Å². The molecule has 0 saturated carbocycles. The maximum atomic E-state index is 12.9. The number of carbonyl (C=O) groups excluding carboxylic acids is 1. The number of phenols is 3. The predicted molar refractivity (Wildman–Crippen MR) is 95.5 cm³/mol. The van der Waals surface area contributed by atoms with Crippen molar-refractivity contribution in [2.45, 2.75) is 0 Å². The van der Waals surface area contributed by atoms with Crippen molar-refractivity contribution in [3.63, 3.8) is 0 Å². The summed E-state index contributed by atoms with van der Waals surface area (Å²) in [5, 5.41) is 30.1. The molecule has 0 radical (unpaired) electrons. The van der Waals surface area contributed by atoms with Crippen LogP contribution in [0.2, 0.25) is 0 Å². The molecule has 5 heteroatoms. The first-order valence-electron chi connectivity index (χ1n) is 8.00. The average molecular weight is 344 g/mol. The summed E-state index contributed by atoms with van der Waals surface area (Å²) in [5.41, 5.74) is 3.16. The first-order chi connectivity index (χ1) is 12.5. The van der Waals surface area contributed by atoms with Crippen LogP contribution >= 0.6 is 0 Å². The number of benzene rings is 3. The molecule has 5 rings (SSSR count). The highest BCUT2D eigenvalue weighted by Gasteiger charge is 2.31. The van der Waals surface area contributed by atoms with Crippen molar-refractivity contribution in [2.75, 3.05) is 0 Å². The van der Waals surface area contributed by atoms with Gasteiger partial charge in [-0.05, 0) is 48.5 Å². The second-order valence-electron chi connectivity index (χ2n) is 6.28. The first kappa shape index (κ1) is 14.6. The summed E-state index contributed by atoms with van der Waals surface area (Å²) in [6.45, 7) is 0. The Bertz CT molecular complexity index is 1220. The van der Waals surface area contributed by atoms with E-state index in [9.17, 15) is 20.1 Å². The van der Waals surface area contributed by atoms with E-state index in [0.717, 1.165) is 0 Å². The van der Waals surface area contributed by atoms with Gasteiger partial charge in [0.25, 0.3) is 0 Å². The Balaban J connectivity index is 1.95. The van der Waals surface area contributed by atoms with E-state index in [0.29, 0.717) is 44.5 Å². The van der Waals surface area contributed by atoms with Crippen LogP contribution in [0.5, 0.6) is 17.2 Å². The summed E-state index contributed by atoms with van der Waals surface area (Å²) in [4.78, 5) is 12.9. The van der Waals surface area contributed by atoms with E-state index in [1.807, 2.05) is 0 Å². The third-order valence-electron chi connectivity index (χ3n) is 4.67. The van der Waals surface area contributed by atoms with Gasteiger partial charge in [0.2, 0.25) is 0 Å². The lowest BCUT2D eigenvalue weighted by atomic mass is 9.83. The van der Waals surface area contributed by atoms with Gasteiger partial charge in [0.05, 0.1) is 0 Å². The SMILES string of the molecule is O=C1c2ccc(O)cc2-c2c(-c3ccc(O)cc3)oc3cc(O)cc1c23. The molecule has 5 nitrogen and oxygen atoms in total. The molecule has 4 aromatic rings. The van der Waals surface area contributed by atoms with E-state index in [2.05, 4.69) is 0 Å². The monoisotopic (exact) mass is 344 g/mol. The van der Waals surface area contributed by atoms with E-state index >= 15 is 0 Å². The molecule has 3 aromatic carbocycles. The highest BCUT2D eigenvalue weighted by atomic mass is 16.3. The van der Waals surface area contributed by atoms with Crippen LogP contribution in [-0.4, -0.2) is 21.1 Å². The molecule has 1 aliphatic rings. The third kappa shape index (κ3) is 1.88. The van der Waals surface area contributed by atoms with Gasteiger partial charge < -0.3 is 19.7 Å². The van der Waals surface area contributed by atoms with Crippen molar-refractivity contribution in [2.24, 2.45) is 0 Å². The lowest BCUT2D eigenvalue weighted by molar-refractivity contribution is 0.104. The Morgan fingerprint density at radius 1 is 0.692 bits per heavy atom. The van der Waals surface area contributed by atoms with Gasteiger partial charge in [-0.25, -0.2) is 0 Å². The lowest BCUT2D eigenvalue weighted by Crippen LogP contribution is -2.08. The quantitative estimate of drug-likeness (QED) is 0.418. The topological polar surface area (TPSA) is 90.9 Å². The molecule has 0 bridgehead atoms. The van der Waals surface area contributed by atoms with Gasteiger partial charge in [-0.1, -0.05) is 0 Å². The Kier molecular flexibility index (Phi) is 2.75. The molecule has 1 aromatic heterocycles. The van der Waals surface area contributed by atoms with Gasteiger partial charge in [-0.3, -0.25) is 4.79 Å². The number of hydrogen-bond acceptors (Lipinski definition) is 5. The Hall–Kier alpha value is -3.73. The minimum Gasteiger partial charge on any atom is -0.508 e. The number of fused-ring (bicyclic) bond motifs is 2. The Morgan fingerprint density at radius 2 is 1.38 bits per heavy atom. The molecular weight excluding hydrogens is 332 g/mol. The molecule has 0 saturated heterocycles. The van der Waals surface area contributed by atoms with Gasteiger partial charge in [0, 0.05) is 39.3 Å². The molecule has 1 heterocycles. The fourth-order valence-corrected chi connectivity index (χ4v) is 3.55. The van der Waals surface area contributed by atoms with Gasteiger partial charge >= 0.3 is 0 Å². The zero-order chi connectivity index (χ0) is 18.0. The fraction of sp³-hybridized carbons (Fsp3) is 0. The zero-order valence-electron chi connectivity index (χ0n) is 13.4. The van der Waals surface area contributed by atoms with E-state index in [-0.39, 0.29) is 23.0 Å². The van der Waals surface area contributed by atoms with Crippen molar-refractivity contribution in [1.82, 2.24) is 0 Å². The van der Waals surface area contributed by atoms with Gasteiger partial charge in [-0.2, -0.15) is 0 Å². The summed E-state index contributed by atoms with van der Waals surface area (Å²) in [7, 11) is 0. The third-order valence-corrected chi connectivity index (χ3v) is 4.67. The standard InChI is InChI=1S/C21H12O5/c22-11-3-1-10(2-4-11)21-19-15-7-12(23)5-6-14(15)20(25)16-8-13(24)9-17(26-21)18(16)19/h1-9,22-24H. The predicted octanol–water partition coefficient (Wildman–Crippen LogP) is 4.43. The molecule has 1 aliphatic carbocycles. The van der Waals surface area contributed by atoms with E-state index in [1.165, 1.54) is 24.3 Å². The van der Waals surface area contributed by atoms with Crippen LogP contribution in [-0.2, 0) is 0 Å². The number of rotatable bonds is 1. The van der Waals surface area contributed by atoms with Crippen LogP contribution in [0.15, 0.2) is 59.0 Å². The molecule has 3 N–H and O–H groups in total. The lowest BCUT2D eigenvalue weighted by Gasteiger charge is -2.16. The van der Waals surface area contributed by atoms with Crippen LogP contribution in [0.3, 0.4) is 0 Å². The molecule has 0 aliphatic heterocycles. The molecule has 126 valence electrons. The van der Waals surface area contributed by atoms with Gasteiger partial charge in [0.1, 0.15) is 28.6 Å². The average Bonchev–Trinajstić information content (AvgIpc) is 2.99. The molecule has 0 unspecified atom stereocenters. The smallest absolute Gasteiger partial charge is 0.194 e. The van der Waals surface area contributed by atoms with Gasteiger partial charge in [0.15, 0.2) is 5.78 Å². The van der Waals surface area contributed by atoms with Crippen molar-refractivity contribution >= 4 is 16.8 Å². The number of hydrogen-bond donors (Lipinski definition) is 3. The highest BCUT2D eigenvalue weighted by molar-refractivity contribution is 6.27. The minimum absolute atomic E-state index is 0.0461. The molecule has 0 amide bonds. The number of aromatic hydroxyl groups is 3. The maximum absolute atomic E-state index is 12.9. The number of ketones is 1. The minimum atomic E-state index is -0.230. The molecule has 0 atom stereocenters. The second-order valence-corrected chi connectivity index (χ2v) is 6.28. The van der Waals surface area contributed by atoms with Crippen LogP contribution < -0.4 is 0 Å². The zero-order valence-corrected chi connectivity index (χ0v) is 13.4. The maximum Gasteiger partial charge on any atom is 0.194 e. The summed E-state index contributed by atoms with van der Waals surface area (Å²) in [6, 6.07) is 14.0. The van der Waals surface area contributed by atoms with Crippen LogP contribution in [0, 0.1) is 0 Å². The van der Waals surface area contributed by atoms with Crippen molar-refractivity contribution in [3.8, 4) is 39.7 Å². The summed E-state index contributed by atoms with van der Waals surface area (Å²) in [5.74, 6) is 0.396. The first-order valence-corrected chi connectivity index (χ1v) is 8.00. The Labute approximate surface area is 147 Å². The van der Waals surface area contributed by atoms with E-state index in [1.54, 1.807) is 30.3 Å². The largest absolute Gasteiger partial charge is 0.508 e. The Morgan fingerprint density at radius 3 is 2.15 bits per heavy atom. The van der Waals surface area contributed by atoms with E-state index in [4.69, 9.17) is 4.42 Å². The molecule has 0 spiro atoms. The number of furan rings is 1. The fourth-order valence-electron chi connectivity index (χ4n) is 3.55. The summed E-state index contributed by atoms with van der Waals surface area (Å²) < 4.78 is 5.99. The number of carbonyl (C=O) groups is 1. The van der Waals surface area contributed by atoms with Crippen molar-refractivity contribution in [1.29, 1.82) is 0 Å². The highest BCUT2D eigenvalue weighted by Crippen LogP contribution is 2.48. The number of phenolic OH excluding ortho intramolecular Hbond substituents is 3. The van der Waals surface area contributed by atoms with Crippen molar-refractivity contribution in [3.05, 3.63) is 65.7 Å². The molecule has 26 heavy (non-hydrogen) atoms. The summed E-state index contributed by atoms with van der Waals surface area (Å²) >= 11 is 0. The molecule has 0 fully saturated rings. The molecular formula is C21H12O5. The normalized spacial score (nSPS) is 12.4. The van der Waals surface area contributed by atoms with Crippen molar-refractivity contribution < 1.29 is 24.5 Å². The van der Waals surface area contributed by atoms with Crippen LogP contribution in [0.4, 0.5) is 0 Å². The second kappa shape index (κ2) is 4.89. The summed E-state index contributed by atoms with van der Waals surface area (Å²) in [6.07, 6.45) is 0. The van der Waals surface area contributed by atoms with Gasteiger partial charge in [-0.15, -0.1) is 0 Å². The van der Waals surface area contributed by atoms with E-state index < -0.39 is 0 Å².